The summed E-state index contributed by atoms with van der Waals surface area (Å²) in [6, 6.07) is 73.7. The second kappa shape index (κ2) is 13.9. The Balaban J connectivity index is 1.12. The number of nitrogens with zero attached hydrogens (tertiary/aromatic N) is 4. The molecule has 6 heteroatoms. The number of hydrogen-bond acceptors (Lipinski definition) is 5. The Morgan fingerprint density at radius 2 is 0.985 bits per heavy atom. The summed E-state index contributed by atoms with van der Waals surface area (Å²) in [7, 11) is 0. The monoisotopic (exact) mass is 870 g/mol. The predicted molar refractivity (Wildman–Crippen MR) is 281 cm³/mol. The van der Waals surface area contributed by atoms with Gasteiger partial charge in [0.25, 0.3) is 0 Å². The normalized spacial score (nSPS) is 12.2. The van der Waals surface area contributed by atoms with Gasteiger partial charge < -0.3 is 8.98 Å². The zero-order chi connectivity index (χ0) is 43.7. The number of hydrogen-bond donors (Lipinski definition) is 0. The highest BCUT2D eigenvalue weighted by molar-refractivity contribution is 7.26. The van der Waals surface area contributed by atoms with Crippen molar-refractivity contribution in [2.75, 3.05) is 0 Å². The highest BCUT2D eigenvalue weighted by Gasteiger charge is 2.25. The van der Waals surface area contributed by atoms with Gasteiger partial charge >= 0.3 is 0 Å². The topological polar surface area (TPSA) is 56.7 Å². The summed E-state index contributed by atoms with van der Waals surface area (Å²) in [6.45, 7) is 0. The maximum atomic E-state index is 6.48. The van der Waals surface area contributed by atoms with E-state index in [0.29, 0.717) is 17.5 Å². The van der Waals surface area contributed by atoms with Crippen LogP contribution in [0.2, 0.25) is 0 Å². The molecule has 5 nitrogen and oxygen atoms in total. The summed E-state index contributed by atoms with van der Waals surface area (Å²) in [5, 5.41) is 16.2. The molecule has 0 atom stereocenters. The van der Waals surface area contributed by atoms with E-state index in [0.717, 1.165) is 71.5 Å². The van der Waals surface area contributed by atoms with Gasteiger partial charge in [-0.3, -0.25) is 0 Å². The van der Waals surface area contributed by atoms with Crippen LogP contribution in [0.5, 0.6) is 0 Å². The van der Waals surface area contributed by atoms with Gasteiger partial charge in [-0.25, -0.2) is 15.0 Å². The number of aromatic nitrogens is 4. The second-order valence-corrected chi connectivity index (χ2v) is 18.5. The van der Waals surface area contributed by atoms with E-state index in [1.165, 1.54) is 57.9 Å². The van der Waals surface area contributed by atoms with E-state index < -0.39 is 0 Å². The molecule has 0 fully saturated rings. The molecule has 0 saturated carbocycles. The molecule has 0 amide bonds. The Morgan fingerprint density at radius 3 is 1.82 bits per heavy atom. The van der Waals surface area contributed by atoms with Crippen molar-refractivity contribution in [2.24, 2.45) is 0 Å². The van der Waals surface area contributed by atoms with Crippen molar-refractivity contribution in [3.63, 3.8) is 0 Å². The molecular weight excluding hydrogens is 837 g/mol. The molecule has 0 spiro atoms. The van der Waals surface area contributed by atoms with Crippen LogP contribution in [0.1, 0.15) is 0 Å². The third kappa shape index (κ3) is 5.33. The van der Waals surface area contributed by atoms with E-state index in [1.807, 2.05) is 35.6 Å². The summed E-state index contributed by atoms with van der Waals surface area (Å²) < 4.78 is 11.2. The van der Waals surface area contributed by atoms with Gasteiger partial charge in [0.15, 0.2) is 17.5 Å². The lowest BCUT2D eigenvalue weighted by Crippen LogP contribution is -2.02. The van der Waals surface area contributed by atoms with Gasteiger partial charge in [-0.2, -0.15) is 0 Å². The van der Waals surface area contributed by atoms with E-state index >= 15 is 0 Å². The summed E-state index contributed by atoms with van der Waals surface area (Å²) in [5.74, 6) is 1.80. The van der Waals surface area contributed by atoms with Crippen LogP contribution in [-0.4, -0.2) is 19.5 Å². The predicted octanol–water partition coefficient (Wildman–Crippen LogP) is 16.8. The Labute approximate surface area is 386 Å². The van der Waals surface area contributed by atoms with Crippen molar-refractivity contribution in [3.05, 3.63) is 206 Å². The fourth-order valence-corrected chi connectivity index (χ4v) is 12.1. The van der Waals surface area contributed by atoms with E-state index in [9.17, 15) is 0 Å². The minimum Gasteiger partial charge on any atom is -0.456 e. The Hall–Kier alpha value is -8.71. The van der Waals surface area contributed by atoms with Crippen molar-refractivity contribution in [1.82, 2.24) is 19.5 Å². The third-order valence-electron chi connectivity index (χ3n) is 13.8. The molecule has 0 N–H and O–H groups in total. The molecule has 0 aliphatic heterocycles. The van der Waals surface area contributed by atoms with Gasteiger partial charge in [0.05, 0.1) is 11.0 Å². The first-order valence-electron chi connectivity index (χ1n) is 22.6. The van der Waals surface area contributed by atoms with Crippen molar-refractivity contribution >= 4 is 118 Å². The molecule has 4 heterocycles. The van der Waals surface area contributed by atoms with E-state index in [1.54, 1.807) is 0 Å². The smallest absolute Gasteiger partial charge is 0.165 e. The minimum atomic E-state index is 0.584. The summed E-state index contributed by atoms with van der Waals surface area (Å²) in [6.07, 6.45) is 0. The summed E-state index contributed by atoms with van der Waals surface area (Å²) in [4.78, 5) is 16.8. The van der Waals surface area contributed by atoms with Crippen LogP contribution in [0.3, 0.4) is 0 Å². The number of fused-ring (bicyclic) bond motifs is 16. The molecule has 0 saturated heterocycles. The van der Waals surface area contributed by atoms with E-state index in [2.05, 4.69) is 187 Å². The van der Waals surface area contributed by atoms with Gasteiger partial charge in [-0.05, 0) is 92.3 Å². The number of rotatable bonds is 4. The molecule has 0 aliphatic carbocycles. The summed E-state index contributed by atoms with van der Waals surface area (Å²) in [5.41, 5.74) is 7.72. The maximum Gasteiger partial charge on any atom is 0.165 e. The van der Waals surface area contributed by atoms with Gasteiger partial charge in [-0.15, -0.1) is 11.3 Å². The minimum absolute atomic E-state index is 0.584. The van der Waals surface area contributed by atoms with Crippen LogP contribution < -0.4 is 0 Å². The average Bonchev–Trinajstić information content (AvgIpc) is 4.06. The number of para-hydroxylation sites is 3. The largest absolute Gasteiger partial charge is 0.456 e. The molecule has 67 heavy (non-hydrogen) atoms. The van der Waals surface area contributed by atoms with Crippen molar-refractivity contribution in [1.29, 1.82) is 0 Å². The first-order valence-corrected chi connectivity index (χ1v) is 23.4. The number of benzene rings is 11. The lowest BCUT2D eigenvalue weighted by Gasteiger charge is -2.16. The van der Waals surface area contributed by atoms with Crippen LogP contribution in [0.4, 0.5) is 0 Å². The van der Waals surface area contributed by atoms with Gasteiger partial charge in [0, 0.05) is 69.5 Å². The molecule has 0 bridgehead atoms. The third-order valence-corrected chi connectivity index (χ3v) is 14.9. The molecule has 310 valence electrons. The maximum absolute atomic E-state index is 6.48. The fourth-order valence-electron chi connectivity index (χ4n) is 10.9. The van der Waals surface area contributed by atoms with Gasteiger partial charge in [-0.1, -0.05) is 152 Å². The molecular formula is C61H34N4OS. The van der Waals surface area contributed by atoms with Crippen LogP contribution in [0.15, 0.2) is 211 Å². The molecule has 11 aromatic carbocycles. The van der Waals surface area contributed by atoms with Crippen LogP contribution in [0, 0.1) is 0 Å². The molecule has 15 rings (SSSR count). The standard InChI is InChI=1S/C61H34N4OS/c1-2-17-38(18-3-1)65-49-26-12-10-22-42(49)43-30-29-37(32-50(43)65)59-62-60(46-25-14-28-52-55(46)45-24-11-13-27-51(45)66-52)64-61(63-59)58-56-44-23-9-8-20-40(44)39-19-6-7-21-41(39)47(56)34-54-57(58)48-31-35-15-4-5-16-36(35)33-53(48)67-54/h1-34H. The lowest BCUT2D eigenvalue weighted by molar-refractivity contribution is 0.669. The van der Waals surface area contributed by atoms with Crippen molar-refractivity contribution < 1.29 is 4.42 Å². The van der Waals surface area contributed by atoms with E-state index in [-0.39, 0.29) is 0 Å². The van der Waals surface area contributed by atoms with E-state index in [4.69, 9.17) is 19.4 Å². The molecule has 15 aromatic rings. The van der Waals surface area contributed by atoms with Crippen LogP contribution >= 0.6 is 11.3 Å². The number of furan rings is 1. The van der Waals surface area contributed by atoms with Gasteiger partial charge in [0.2, 0.25) is 0 Å². The lowest BCUT2D eigenvalue weighted by atomic mass is 9.89. The molecule has 0 radical (unpaired) electrons. The fraction of sp³-hybridized carbons (Fsp3) is 0. The van der Waals surface area contributed by atoms with Crippen molar-refractivity contribution in [2.45, 2.75) is 0 Å². The highest BCUT2D eigenvalue weighted by Crippen LogP contribution is 2.49. The first-order chi connectivity index (χ1) is 33.2. The van der Waals surface area contributed by atoms with Crippen LogP contribution in [-0.2, 0) is 0 Å². The summed E-state index contributed by atoms with van der Waals surface area (Å²) >= 11 is 1.84. The molecule has 4 aromatic heterocycles. The molecule has 0 unspecified atom stereocenters. The Bertz CT molecular complexity index is 4580. The highest BCUT2D eigenvalue weighted by atomic mass is 32.1. The number of thiophene rings is 1. The SMILES string of the molecule is c1ccc(-n2c3ccccc3c3ccc(-c4nc(-c5cccc6oc7ccccc7c56)nc(-c5c6c(cc7c8ccccc8c8ccccc8c57)sc5cc7ccccc7cc56)n4)cc32)cc1. The van der Waals surface area contributed by atoms with Crippen molar-refractivity contribution in [3.8, 4) is 39.9 Å². The van der Waals surface area contributed by atoms with Crippen LogP contribution in [0.25, 0.3) is 147 Å². The molecule has 0 aliphatic rings. The average molecular weight is 871 g/mol. The first kappa shape index (κ1) is 36.6. The quantitative estimate of drug-likeness (QED) is 0.165. The zero-order valence-corrected chi connectivity index (χ0v) is 36.6. The van der Waals surface area contributed by atoms with Gasteiger partial charge in [0.1, 0.15) is 11.2 Å². The zero-order valence-electron chi connectivity index (χ0n) is 35.7. The Morgan fingerprint density at radius 1 is 0.358 bits per heavy atom. The Kier molecular flexibility index (Phi) is 7.59. The second-order valence-electron chi connectivity index (χ2n) is 17.4.